The molecule has 1 aromatic carbocycles. The number of hydrogen-bond acceptors (Lipinski definition) is 6. The van der Waals surface area contributed by atoms with Gasteiger partial charge in [-0.1, -0.05) is 11.8 Å². The zero-order chi connectivity index (χ0) is 30.4. The van der Waals surface area contributed by atoms with Gasteiger partial charge in [0.25, 0.3) is 11.5 Å². The van der Waals surface area contributed by atoms with Crippen LogP contribution in [0.25, 0.3) is 0 Å². The molecule has 1 saturated carbocycles. The average molecular weight is 576 g/mol. The van der Waals surface area contributed by atoms with Gasteiger partial charge in [-0.15, -0.1) is 0 Å². The Morgan fingerprint density at radius 1 is 1.10 bits per heavy atom. The number of hydrogen-bond donors (Lipinski definition) is 3. The first-order valence-electron chi connectivity index (χ1n) is 15.5. The van der Waals surface area contributed by atoms with Crippen LogP contribution in [0, 0.1) is 32.6 Å². The van der Waals surface area contributed by atoms with Crippen molar-refractivity contribution in [2.75, 3.05) is 45.2 Å². The number of carbonyl (C=O) groups excluding carboxylic acids is 1. The Bertz CT molecular complexity index is 1360. The number of aromatic amines is 1. The third-order valence-electron chi connectivity index (χ3n) is 9.05. The van der Waals surface area contributed by atoms with Gasteiger partial charge in [0.1, 0.15) is 0 Å². The topological polar surface area (TPSA) is 91.9 Å². The van der Waals surface area contributed by atoms with Crippen molar-refractivity contribution in [3.8, 4) is 11.8 Å². The molecule has 2 fully saturated rings. The zero-order valence-electron chi connectivity index (χ0n) is 26.3. The number of aryl methyl sites for hydroxylation is 2. The van der Waals surface area contributed by atoms with Gasteiger partial charge in [-0.2, -0.15) is 0 Å². The number of piperidine rings is 1. The molecule has 0 bridgehead atoms. The maximum atomic E-state index is 13.7. The van der Waals surface area contributed by atoms with Gasteiger partial charge in [-0.3, -0.25) is 14.5 Å². The third kappa shape index (κ3) is 7.83. The van der Waals surface area contributed by atoms with Gasteiger partial charge in [0.15, 0.2) is 0 Å². The molecular weight excluding hydrogens is 526 g/mol. The molecule has 1 aliphatic heterocycles. The Morgan fingerprint density at radius 3 is 2.45 bits per heavy atom. The lowest BCUT2D eigenvalue weighted by molar-refractivity contribution is 0.0780. The monoisotopic (exact) mass is 575 g/mol. The summed E-state index contributed by atoms with van der Waals surface area (Å²) in [7, 11) is 4.33. The molecule has 2 aliphatic rings. The molecule has 1 saturated heterocycles. The minimum atomic E-state index is -0.285. The smallest absolute Gasteiger partial charge is 0.253 e. The third-order valence-corrected chi connectivity index (χ3v) is 9.05. The van der Waals surface area contributed by atoms with E-state index in [2.05, 4.69) is 63.9 Å². The molecule has 1 atom stereocenters. The lowest BCUT2D eigenvalue weighted by atomic mass is 9.88. The minimum Gasteiger partial charge on any atom is -0.392 e. The molecule has 0 unspecified atom stereocenters. The molecule has 3 N–H and O–H groups in total. The lowest BCUT2D eigenvalue weighted by Gasteiger charge is -2.40. The molecular formula is C34H49N5O3. The van der Waals surface area contributed by atoms with Gasteiger partial charge in [0.2, 0.25) is 0 Å². The summed E-state index contributed by atoms with van der Waals surface area (Å²) >= 11 is 0. The first-order chi connectivity index (χ1) is 20.1. The molecule has 42 heavy (non-hydrogen) atoms. The Morgan fingerprint density at radius 2 is 1.81 bits per heavy atom. The summed E-state index contributed by atoms with van der Waals surface area (Å²) in [5.74, 6) is 6.43. The molecule has 1 aliphatic carbocycles. The number of nitrogens with zero attached hydrogens (tertiary/aromatic N) is 3. The van der Waals surface area contributed by atoms with E-state index in [0.717, 1.165) is 79.7 Å². The predicted molar refractivity (Wildman–Crippen MR) is 170 cm³/mol. The number of aliphatic hydroxyl groups is 1. The van der Waals surface area contributed by atoms with Crippen LogP contribution in [0.15, 0.2) is 23.0 Å². The van der Waals surface area contributed by atoms with Crippen LogP contribution in [-0.4, -0.2) is 84.3 Å². The Hall–Kier alpha value is -3.12. The van der Waals surface area contributed by atoms with Crippen LogP contribution < -0.4 is 15.8 Å². The second-order valence-corrected chi connectivity index (χ2v) is 12.3. The molecule has 2 heterocycles. The van der Waals surface area contributed by atoms with Gasteiger partial charge in [0, 0.05) is 59.8 Å². The van der Waals surface area contributed by atoms with Gasteiger partial charge < -0.3 is 25.2 Å². The standard InChI is InChI=1S/C34H49N5O3/c1-7-39(28-14-12-27(13-15-28)37(5)6)32-20-26(10-8-16-38-17-9-11-29(40)22-38)19-30(25(32)4)33(41)35-21-31-23(2)18-24(3)36-34(31)42/h18-20,27-29,40H,7,9,11-17,21-22H2,1-6H3,(H,35,41)(H,36,42)/t27-,28-,29-/m0/s1. The van der Waals surface area contributed by atoms with Gasteiger partial charge in [-0.25, -0.2) is 0 Å². The summed E-state index contributed by atoms with van der Waals surface area (Å²) in [6.45, 7) is 11.1. The van der Waals surface area contributed by atoms with Crippen LogP contribution in [0.1, 0.15) is 83.8 Å². The number of benzene rings is 1. The summed E-state index contributed by atoms with van der Waals surface area (Å²) < 4.78 is 0. The summed E-state index contributed by atoms with van der Waals surface area (Å²) in [6.07, 6.45) is 6.08. The van der Waals surface area contributed by atoms with Crippen LogP contribution >= 0.6 is 0 Å². The van der Waals surface area contributed by atoms with Crippen LogP contribution in [0.4, 0.5) is 5.69 Å². The van der Waals surface area contributed by atoms with Gasteiger partial charge in [0.05, 0.1) is 12.6 Å². The summed E-state index contributed by atoms with van der Waals surface area (Å²) in [4.78, 5) is 36.0. The van der Waals surface area contributed by atoms with Crippen molar-refractivity contribution >= 4 is 11.6 Å². The molecule has 1 amide bonds. The highest BCUT2D eigenvalue weighted by Gasteiger charge is 2.28. The van der Waals surface area contributed by atoms with E-state index >= 15 is 0 Å². The lowest BCUT2D eigenvalue weighted by Crippen LogP contribution is -2.42. The van der Waals surface area contributed by atoms with E-state index in [1.807, 2.05) is 32.9 Å². The Kier molecular flexibility index (Phi) is 10.9. The fourth-order valence-corrected chi connectivity index (χ4v) is 6.61. The van der Waals surface area contributed by atoms with E-state index < -0.39 is 0 Å². The van der Waals surface area contributed by atoms with E-state index in [9.17, 15) is 14.7 Å². The van der Waals surface area contributed by atoms with E-state index in [1.54, 1.807) is 0 Å². The van der Waals surface area contributed by atoms with Crippen molar-refractivity contribution in [1.29, 1.82) is 0 Å². The number of likely N-dealkylation sites (tertiary alicyclic amines) is 1. The number of amides is 1. The molecule has 0 spiro atoms. The van der Waals surface area contributed by atoms with E-state index in [-0.39, 0.29) is 24.1 Å². The number of β-amino-alcohol motifs (C(OH)–C–C–N with tert-alkyl or cyclic N) is 1. The number of carbonyl (C=O) groups is 1. The minimum absolute atomic E-state index is 0.161. The number of pyridine rings is 1. The number of anilines is 1. The molecule has 8 nitrogen and oxygen atoms in total. The Labute approximate surface area is 251 Å². The maximum Gasteiger partial charge on any atom is 0.253 e. The number of rotatable bonds is 8. The number of nitrogens with one attached hydrogen (secondary N) is 2. The predicted octanol–water partition coefficient (Wildman–Crippen LogP) is 3.74. The maximum absolute atomic E-state index is 13.7. The van der Waals surface area contributed by atoms with Crippen LogP contribution in [0.2, 0.25) is 0 Å². The number of aliphatic hydroxyl groups excluding tert-OH is 1. The van der Waals surface area contributed by atoms with Crippen molar-refractivity contribution in [3.05, 3.63) is 62.1 Å². The highest BCUT2D eigenvalue weighted by molar-refractivity contribution is 5.97. The fraction of sp³-hybridized carbons (Fsp3) is 0.588. The van der Waals surface area contributed by atoms with Gasteiger partial charge >= 0.3 is 0 Å². The second kappa shape index (κ2) is 14.4. The Balaban J connectivity index is 1.62. The molecule has 0 radical (unpaired) electrons. The summed E-state index contributed by atoms with van der Waals surface area (Å²) in [5.41, 5.74) is 5.45. The van der Waals surface area contributed by atoms with Crippen LogP contribution in [0.3, 0.4) is 0 Å². The number of aromatic nitrogens is 1. The van der Waals surface area contributed by atoms with E-state index in [1.165, 1.54) is 0 Å². The van der Waals surface area contributed by atoms with Crippen molar-refractivity contribution in [2.24, 2.45) is 0 Å². The zero-order valence-corrected chi connectivity index (χ0v) is 26.3. The fourth-order valence-electron chi connectivity index (χ4n) is 6.61. The largest absolute Gasteiger partial charge is 0.392 e. The summed E-state index contributed by atoms with van der Waals surface area (Å²) in [5, 5.41) is 13.0. The molecule has 4 rings (SSSR count). The first kappa shape index (κ1) is 31.8. The second-order valence-electron chi connectivity index (χ2n) is 12.3. The highest BCUT2D eigenvalue weighted by atomic mass is 16.3. The highest BCUT2D eigenvalue weighted by Crippen LogP contribution is 2.33. The molecule has 228 valence electrons. The summed E-state index contributed by atoms with van der Waals surface area (Å²) in [6, 6.07) is 6.97. The van der Waals surface area contributed by atoms with Crippen LogP contribution in [0.5, 0.6) is 0 Å². The van der Waals surface area contributed by atoms with Crippen molar-refractivity contribution in [2.45, 2.75) is 91.0 Å². The first-order valence-corrected chi connectivity index (χ1v) is 15.5. The molecule has 1 aromatic heterocycles. The van der Waals surface area contributed by atoms with E-state index in [4.69, 9.17) is 0 Å². The SMILES string of the molecule is CCN(c1cc(C#CCN2CCC[C@H](O)C2)cc(C(=O)NCc2c(C)cc(C)[nH]c2=O)c1C)[C@H]1CC[C@H](N(C)C)CC1. The van der Waals surface area contributed by atoms with Crippen molar-refractivity contribution < 1.29 is 9.90 Å². The quantitative estimate of drug-likeness (QED) is 0.416. The normalized spacial score (nSPS) is 21.1. The molecule has 2 aromatic rings. The average Bonchev–Trinajstić information content (AvgIpc) is 2.94. The number of H-pyrrole nitrogens is 1. The van der Waals surface area contributed by atoms with Crippen molar-refractivity contribution in [1.82, 2.24) is 20.1 Å². The van der Waals surface area contributed by atoms with Crippen molar-refractivity contribution in [3.63, 3.8) is 0 Å². The van der Waals surface area contributed by atoms with Crippen LogP contribution in [-0.2, 0) is 6.54 Å². The van der Waals surface area contributed by atoms with E-state index in [0.29, 0.717) is 36.3 Å². The molecule has 8 heteroatoms. The van der Waals surface area contributed by atoms with Gasteiger partial charge in [-0.05, 0) is 116 Å².